The van der Waals surface area contributed by atoms with Crippen molar-refractivity contribution in [1.29, 1.82) is 0 Å². The number of hydrogen-bond donors (Lipinski definition) is 2. The highest BCUT2D eigenvalue weighted by Crippen LogP contribution is 2.38. The SMILES string of the molecule is COC(=O)Cc1[nH]c(O)c2cc(Oc3ccc(C(F)(F)F)cc3Cl)ccc12. The number of hydrogen-bond acceptors (Lipinski definition) is 4. The van der Waals surface area contributed by atoms with Gasteiger partial charge in [0.15, 0.2) is 5.88 Å². The molecule has 3 aromatic rings. The Morgan fingerprint density at radius 1 is 1.19 bits per heavy atom. The van der Waals surface area contributed by atoms with Gasteiger partial charge in [0.1, 0.15) is 11.5 Å². The molecule has 0 saturated heterocycles. The van der Waals surface area contributed by atoms with Crippen molar-refractivity contribution in [3.05, 3.63) is 52.7 Å². The first-order valence-electron chi connectivity index (χ1n) is 7.64. The second-order valence-electron chi connectivity index (χ2n) is 5.66. The van der Waals surface area contributed by atoms with E-state index in [2.05, 4.69) is 9.72 Å². The molecule has 0 radical (unpaired) electrons. The first-order valence-corrected chi connectivity index (χ1v) is 8.02. The number of ether oxygens (including phenoxy) is 2. The van der Waals surface area contributed by atoms with Gasteiger partial charge in [0.25, 0.3) is 0 Å². The highest BCUT2D eigenvalue weighted by atomic mass is 35.5. The van der Waals surface area contributed by atoms with Crippen molar-refractivity contribution in [2.45, 2.75) is 12.6 Å². The van der Waals surface area contributed by atoms with Crippen LogP contribution in [0.3, 0.4) is 0 Å². The molecule has 1 aromatic heterocycles. The zero-order valence-electron chi connectivity index (χ0n) is 13.9. The number of carbonyl (C=O) groups excluding carboxylic acids is 1. The molecule has 9 heteroatoms. The van der Waals surface area contributed by atoms with E-state index in [1.165, 1.54) is 13.2 Å². The maximum atomic E-state index is 12.7. The third-order valence-electron chi connectivity index (χ3n) is 3.88. The summed E-state index contributed by atoms with van der Waals surface area (Å²) in [5, 5.41) is 10.8. The van der Waals surface area contributed by atoms with E-state index < -0.39 is 17.7 Å². The lowest BCUT2D eigenvalue weighted by Crippen LogP contribution is -2.04. The summed E-state index contributed by atoms with van der Waals surface area (Å²) in [6.07, 6.45) is -4.56. The normalized spacial score (nSPS) is 11.6. The van der Waals surface area contributed by atoms with Crippen LogP contribution in [0.5, 0.6) is 17.4 Å². The topological polar surface area (TPSA) is 71.6 Å². The standard InChI is InChI=1S/C18H13ClF3NO4/c1-26-16(24)8-14-11-4-3-10(7-12(11)17(25)23-14)27-15-5-2-9(6-13(15)19)18(20,21)22/h2-7,23,25H,8H2,1H3. The number of alkyl halides is 3. The van der Waals surface area contributed by atoms with Gasteiger partial charge in [-0.1, -0.05) is 11.6 Å². The number of halogens is 4. The molecule has 0 atom stereocenters. The minimum atomic E-state index is -4.51. The summed E-state index contributed by atoms with van der Waals surface area (Å²) >= 11 is 5.88. The molecule has 0 bridgehead atoms. The Morgan fingerprint density at radius 2 is 1.93 bits per heavy atom. The fourth-order valence-electron chi connectivity index (χ4n) is 2.57. The molecule has 1 heterocycles. The van der Waals surface area contributed by atoms with Crippen LogP contribution < -0.4 is 4.74 Å². The van der Waals surface area contributed by atoms with E-state index in [0.717, 1.165) is 18.2 Å². The van der Waals surface area contributed by atoms with E-state index >= 15 is 0 Å². The van der Waals surface area contributed by atoms with Gasteiger partial charge in [-0.3, -0.25) is 4.79 Å². The molecule has 0 amide bonds. The van der Waals surface area contributed by atoms with E-state index in [-0.39, 0.29) is 28.8 Å². The summed E-state index contributed by atoms with van der Waals surface area (Å²) < 4.78 is 48.2. The molecule has 0 spiro atoms. The Bertz CT molecular complexity index is 1010. The molecule has 0 saturated carbocycles. The fourth-order valence-corrected chi connectivity index (χ4v) is 2.79. The first-order chi connectivity index (χ1) is 12.7. The van der Waals surface area contributed by atoms with E-state index in [9.17, 15) is 23.1 Å². The molecule has 142 valence electrons. The van der Waals surface area contributed by atoms with Crippen LogP contribution in [0.4, 0.5) is 13.2 Å². The summed E-state index contributed by atoms with van der Waals surface area (Å²) in [7, 11) is 1.26. The van der Waals surface area contributed by atoms with Crippen molar-refractivity contribution in [3.8, 4) is 17.4 Å². The summed E-state index contributed by atoms with van der Waals surface area (Å²) in [6.45, 7) is 0. The molecule has 0 aliphatic rings. The Hall–Kier alpha value is -2.87. The highest BCUT2D eigenvalue weighted by Gasteiger charge is 2.31. The zero-order valence-corrected chi connectivity index (χ0v) is 14.6. The van der Waals surface area contributed by atoms with Crippen molar-refractivity contribution < 1.29 is 32.5 Å². The molecule has 5 nitrogen and oxygen atoms in total. The number of benzene rings is 2. The van der Waals surface area contributed by atoms with E-state index in [4.69, 9.17) is 16.3 Å². The average molecular weight is 400 g/mol. The number of nitrogens with one attached hydrogen (secondary N) is 1. The molecule has 0 aliphatic carbocycles. The van der Waals surface area contributed by atoms with Gasteiger partial charge in [0.2, 0.25) is 0 Å². The zero-order chi connectivity index (χ0) is 19.8. The van der Waals surface area contributed by atoms with Gasteiger partial charge in [0, 0.05) is 16.5 Å². The number of methoxy groups -OCH3 is 1. The molecular formula is C18H13ClF3NO4. The number of esters is 1. The van der Waals surface area contributed by atoms with Gasteiger partial charge in [-0.15, -0.1) is 0 Å². The molecule has 27 heavy (non-hydrogen) atoms. The maximum Gasteiger partial charge on any atom is 0.416 e. The molecular weight excluding hydrogens is 387 g/mol. The van der Waals surface area contributed by atoms with Gasteiger partial charge in [-0.2, -0.15) is 13.2 Å². The second-order valence-corrected chi connectivity index (χ2v) is 6.06. The summed E-state index contributed by atoms with van der Waals surface area (Å²) in [4.78, 5) is 14.1. The number of H-pyrrole nitrogens is 1. The molecule has 0 fully saturated rings. The maximum absolute atomic E-state index is 12.7. The van der Waals surface area contributed by atoms with Gasteiger partial charge in [-0.25, -0.2) is 0 Å². The molecule has 0 unspecified atom stereocenters. The Morgan fingerprint density at radius 3 is 2.56 bits per heavy atom. The van der Waals surface area contributed by atoms with E-state index in [1.54, 1.807) is 12.1 Å². The Balaban J connectivity index is 1.90. The van der Waals surface area contributed by atoms with Crippen molar-refractivity contribution in [3.63, 3.8) is 0 Å². The second kappa shape index (κ2) is 7.03. The van der Waals surface area contributed by atoms with E-state index in [0.29, 0.717) is 16.5 Å². The van der Waals surface area contributed by atoms with Crippen LogP contribution in [0.2, 0.25) is 5.02 Å². The Labute approximate surface area is 156 Å². The quantitative estimate of drug-likeness (QED) is 0.602. The van der Waals surface area contributed by atoms with Gasteiger partial charge < -0.3 is 19.6 Å². The van der Waals surface area contributed by atoms with Crippen LogP contribution in [-0.4, -0.2) is 23.2 Å². The first kappa shape index (κ1) is 18.9. The lowest BCUT2D eigenvalue weighted by molar-refractivity contribution is -0.140. The summed E-state index contributed by atoms with van der Waals surface area (Å²) in [5.41, 5.74) is -0.417. The van der Waals surface area contributed by atoms with Gasteiger partial charge in [0.05, 0.1) is 24.1 Å². The van der Waals surface area contributed by atoms with Crippen molar-refractivity contribution in [2.24, 2.45) is 0 Å². The highest BCUT2D eigenvalue weighted by molar-refractivity contribution is 6.32. The number of carbonyl (C=O) groups is 1. The largest absolute Gasteiger partial charge is 0.494 e. The molecule has 3 rings (SSSR count). The number of fused-ring (bicyclic) bond motifs is 1. The number of rotatable bonds is 4. The van der Waals surface area contributed by atoms with E-state index in [1.807, 2.05) is 0 Å². The predicted octanol–water partition coefficient (Wildman–Crippen LogP) is 5.05. The number of aromatic nitrogens is 1. The van der Waals surface area contributed by atoms with Crippen LogP contribution in [0.15, 0.2) is 36.4 Å². The third-order valence-corrected chi connectivity index (χ3v) is 4.17. The predicted molar refractivity (Wildman–Crippen MR) is 92.2 cm³/mol. The molecule has 2 aromatic carbocycles. The van der Waals surface area contributed by atoms with Gasteiger partial charge in [-0.05, 0) is 36.4 Å². The third kappa shape index (κ3) is 3.95. The van der Waals surface area contributed by atoms with Crippen molar-refractivity contribution >= 4 is 28.3 Å². The lowest BCUT2D eigenvalue weighted by Gasteiger charge is -2.11. The number of aromatic hydroxyl groups is 1. The number of aromatic amines is 1. The summed E-state index contributed by atoms with van der Waals surface area (Å²) in [6, 6.07) is 7.39. The monoisotopic (exact) mass is 399 g/mol. The van der Waals surface area contributed by atoms with Crippen LogP contribution in [0, 0.1) is 0 Å². The Kier molecular flexibility index (Phi) is 4.93. The lowest BCUT2D eigenvalue weighted by atomic mass is 10.1. The minimum Gasteiger partial charge on any atom is -0.494 e. The smallest absolute Gasteiger partial charge is 0.416 e. The van der Waals surface area contributed by atoms with Crippen LogP contribution in [-0.2, 0) is 22.1 Å². The summed E-state index contributed by atoms with van der Waals surface area (Å²) in [5.74, 6) is -0.361. The van der Waals surface area contributed by atoms with Crippen molar-refractivity contribution in [1.82, 2.24) is 4.98 Å². The van der Waals surface area contributed by atoms with Crippen LogP contribution >= 0.6 is 11.6 Å². The van der Waals surface area contributed by atoms with Crippen LogP contribution in [0.25, 0.3) is 10.8 Å². The van der Waals surface area contributed by atoms with Crippen LogP contribution in [0.1, 0.15) is 11.3 Å². The van der Waals surface area contributed by atoms with Crippen molar-refractivity contribution in [2.75, 3.05) is 7.11 Å². The van der Waals surface area contributed by atoms with Gasteiger partial charge >= 0.3 is 12.1 Å². The average Bonchev–Trinajstić information content (AvgIpc) is 2.91. The molecule has 2 N–H and O–H groups in total. The fraction of sp³-hybridized carbons (Fsp3) is 0.167. The molecule has 0 aliphatic heterocycles. The minimum absolute atomic E-state index is 0.0360.